The third kappa shape index (κ3) is 3.89. The summed E-state index contributed by atoms with van der Waals surface area (Å²) in [5.74, 6) is -0.230. The molecule has 0 spiro atoms. The van der Waals surface area contributed by atoms with Crippen LogP contribution >= 0.6 is 0 Å². The Labute approximate surface area is 154 Å². The van der Waals surface area contributed by atoms with E-state index in [1.807, 2.05) is 37.3 Å². The summed E-state index contributed by atoms with van der Waals surface area (Å²) < 4.78 is 0. The summed E-state index contributed by atoms with van der Waals surface area (Å²) in [6, 6.07) is 8.59. The molecule has 0 radical (unpaired) electrons. The van der Waals surface area contributed by atoms with Gasteiger partial charge < -0.3 is 15.1 Å². The summed E-state index contributed by atoms with van der Waals surface area (Å²) in [6.45, 7) is 3.26. The number of piperidine rings is 1. The molecule has 3 rings (SSSR count). The van der Waals surface area contributed by atoms with E-state index in [2.05, 4.69) is 5.32 Å². The van der Waals surface area contributed by atoms with Crippen LogP contribution in [0.2, 0.25) is 0 Å². The summed E-state index contributed by atoms with van der Waals surface area (Å²) >= 11 is 0. The number of carbonyl (C=O) groups excluding carboxylic acids is 3. The fourth-order valence-corrected chi connectivity index (χ4v) is 3.84. The van der Waals surface area contributed by atoms with Gasteiger partial charge in [-0.1, -0.05) is 25.1 Å². The molecule has 0 aliphatic carbocycles. The molecule has 1 N–H and O–H groups in total. The van der Waals surface area contributed by atoms with Crippen LogP contribution in [-0.2, 0) is 14.4 Å². The number of amides is 3. The van der Waals surface area contributed by atoms with Gasteiger partial charge in [0.05, 0.1) is 0 Å². The van der Waals surface area contributed by atoms with E-state index in [0.717, 1.165) is 24.9 Å². The molecule has 6 heteroatoms. The van der Waals surface area contributed by atoms with Crippen molar-refractivity contribution in [3.8, 4) is 0 Å². The molecule has 2 atom stereocenters. The first kappa shape index (κ1) is 18.4. The topological polar surface area (TPSA) is 69.7 Å². The Kier molecular flexibility index (Phi) is 5.91. The Balaban J connectivity index is 1.65. The number of rotatable bonds is 5. The van der Waals surface area contributed by atoms with E-state index >= 15 is 0 Å². The fraction of sp³-hybridized carbons (Fsp3) is 0.550. The minimum absolute atomic E-state index is 0.0334. The summed E-state index contributed by atoms with van der Waals surface area (Å²) in [7, 11) is 0. The van der Waals surface area contributed by atoms with Gasteiger partial charge in [-0.15, -0.1) is 0 Å². The minimum Gasteiger partial charge on any atom is -0.342 e. The van der Waals surface area contributed by atoms with E-state index in [9.17, 15) is 14.4 Å². The van der Waals surface area contributed by atoms with Gasteiger partial charge in [0, 0.05) is 25.2 Å². The quantitative estimate of drug-likeness (QED) is 0.877. The van der Waals surface area contributed by atoms with Crippen LogP contribution in [0.4, 0.5) is 5.69 Å². The molecule has 140 valence electrons. The zero-order valence-electron chi connectivity index (χ0n) is 15.3. The van der Waals surface area contributed by atoms with Crippen molar-refractivity contribution >= 4 is 23.4 Å². The molecule has 1 aromatic carbocycles. The van der Waals surface area contributed by atoms with Crippen LogP contribution in [0.25, 0.3) is 0 Å². The van der Waals surface area contributed by atoms with Crippen LogP contribution in [-0.4, -0.2) is 47.8 Å². The smallest absolute Gasteiger partial charge is 0.249 e. The molecule has 6 nitrogen and oxygen atoms in total. The highest BCUT2D eigenvalue weighted by atomic mass is 16.2. The first-order chi connectivity index (χ1) is 12.6. The molecule has 26 heavy (non-hydrogen) atoms. The number of likely N-dealkylation sites (tertiary alicyclic amines) is 1. The lowest BCUT2D eigenvalue weighted by atomic mass is 10.0. The molecule has 0 saturated carbocycles. The summed E-state index contributed by atoms with van der Waals surface area (Å²) in [4.78, 5) is 41.2. The molecule has 3 amide bonds. The van der Waals surface area contributed by atoms with Crippen LogP contribution in [0.15, 0.2) is 30.3 Å². The molecule has 2 aliphatic rings. The largest absolute Gasteiger partial charge is 0.342 e. The van der Waals surface area contributed by atoms with Gasteiger partial charge in [0.15, 0.2) is 0 Å². The normalized spacial score (nSPS) is 23.2. The van der Waals surface area contributed by atoms with E-state index in [1.54, 1.807) is 9.80 Å². The van der Waals surface area contributed by atoms with E-state index in [-0.39, 0.29) is 17.7 Å². The van der Waals surface area contributed by atoms with Crippen molar-refractivity contribution in [2.45, 2.75) is 57.5 Å². The number of para-hydroxylation sites is 1. The maximum Gasteiger partial charge on any atom is 0.249 e. The predicted molar refractivity (Wildman–Crippen MR) is 99.6 cm³/mol. The SMILES string of the molecule is CCCC(=O)N1CCCC1C(=O)NC1CCCN(c2ccccc2)C1=O. The maximum atomic E-state index is 12.8. The molecule has 2 aliphatic heterocycles. The molecular weight excluding hydrogens is 330 g/mol. The third-order valence-corrected chi connectivity index (χ3v) is 5.16. The minimum atomic E-state index is -0.514. The van der Waals surface area contributed by atoms with E-state index in [4.69, 9.17) is 0 Å². The van der Waals surface area contributed by atoms with Crippen LogP contribution in [0, 0.1) is 0 Å². The van der Waals surface area contributed by atoms with E-state index in [1.165, 1.54) is 0 Å². The molecular formula is C20H27N3O3. The van der Waals surface area contributed by atoms with Crippen molar-refractivity contribution < 1.29 is 14.4 Å². The lowest BCUT2D eigenvalue weighted by Gasteiger charge is -2.34. The summed E-state index contributed by atoms with van der Waals surface area (Å²) in [5.41, 5.74) is 0.858. The van der Waals surface area contributed by atoms with Crippen molar-refractivity contribution in [3.05, 3.63) is 30.3 Å². The van der Waals surface area contributed by atoms with Crippen molar-refractivity contribution in [2.75, 3.05) is 18.0 Å². The lowest BCUT2D eigenvalue weighted by molar-refractivity contribution is -0.139. The van der Waals surface area contributed by atoms with Gasteiger partial charge in [-0.2, -0.15) is 0 Å². The Morgan fingerprint density at radius 2 is 1.85 bits per heavy atom. The second-order valence-electron chi connectivity index (χ2n) is 7.02. The highest BCUT2D eigenvalue weighted by molar-refractivity contribution is 6.00. The molecule has 1 aromatic rings. The molecule has 2 unspecified atom stereocenters. The molecule has 2 heterocycles. The number of benzene rings is 1. The number of hydrogen-bond donors (Lipinski definition) is 1. The maximum absolute atomic E-state index is 12.8. The van der Waals surface area contributed by atoms with E-state index < -0.39 is 12.1 Å². The standard InChI is InChI=1S/C20H27N3O3/c1-2-8-18(24)23-14-7-12-17(23)19(25)21-16-11-6-13-22(20(16)26)15-9-4-3-5-10-15/h3-5,9-10,16-17H,2,6-8,11-14H2,1H3,(H,21,25). The lowest BCUT2D eigenvalue weighted by Crippen LogP contribution is -2.56. The van der Waals surface area contributed by atoms with Gasteiger partial charge in [0.2, 0.25) is 17.7 Å². The second-order valence-corrected chi connectivity index (χ2v) is 7.02. The highest BCUT2D eigenvalue weighted by Crippen LogP contribution is 2.23. The number of carbonyl (C=O) groups is 3. The number of hydrogen-bond acceptors (Lipinski definition) is 3. The predicted octanol–water partition coefficient (Wildman–Crippen LogP) is 2.09. The van der Waals surface area contributed by atoms with Crippen LogP contribution in [0.3, 0.4) is 0 Å². The van der Waals surface area contributed by atoms with E-state index in [0.29, 0.717) is 32.4 Å². The second kappa shape index (κ2) is 8.34. The molecule has 2 saturated heterocycles. The molecule has 2 fully saturated rings. The van der Waals surface area contributed by atoms with Crippen LogP contribution in [0.5, 0.6) is 0 Å². The van der Waals surface area contributed by atoms with Crippen molar-refractivity contribution in [1.29, 1.82) is 0 Å². The zero-order valence-corrected chi connectivity index (χ0v) is 15.3. The third-order valence-electron chi connectivity index (χ3n) is 5.16. The monoisotopic (exact) mass is 357 g/mol. The Bertz CT molecular complexity index is 662. The van der Waals surface area contributed by atoms with Crippen LogP contribution in [0.1, 0.15) is 45.4 Å². The number of nitrogens with one attached hydrogen (secondary N) is 1. The first-order valence-electron chi connectivity index (χ1n) is 9.58. The van der Waals surface area contributed by atoms with Gasteiger partial charge in [0.25, 0.3) is 0 Å². The highest BCUT2D eigenvalue weighted by Gasteiger charge is 2.37. The summed E-state index contributed by atoms with van der Waals surface area (Å²) in [6.07, 6.45) is 4.23. The average Bonchev–Trinajstić information content (AvgIpc) is 3.14. The fourth-order valence-electron chi connectivity index (χ4n) is 3.84. The van der Waals surface area contributed by atoms with Crippen molar-refractivity contribution in [2.24, 2.45) is 0 Å². The number of anilines is 1. The Hall–Kier alpha value is -2.37. The Morgan fingerprint density at radius 3 is 2.58 bits per heavy atom. The average molecular weight is 357 g/mol. The van der Waals surface area contributed by atoms with Crippen molar-refractivity contribution in [3.63, 3.8) is 0 Å². The zero-order chi connectivity index (χ0) is 18.5. The summed E-state index contributed by atoms with van der Waals surface area (Å²) in [5, 5.41) is 2.91. The molecule has 0 bridgehead atoms. The van der Waals surface area contributed by atoms with Gasteiger partial charge in [-0.25, -0.2) is 0 Å². The Morgan fingerprint density at radius 1 is 1.12 bits per heavy atom. The number of nitrogens with zero attached hydrogens (tertiary/aromatic N) is 2. The van der Waals surface area contributed by atoms with Crippen LogP contribution < -0.4 is 10.2 Å². The van der Waals surface area contributed by atoms with Crippen molar-refractivity contribution in [1.82, 2.24) is 10.2 Å². The van der Waals surface area contributed by atoms with Gasteiger partial charge in [-0.3, -0.25) is 14.4 Å². The first-order valence-corrected chi connectivity index (χ1v) is 9.58. The van der Waals surface area contributed by atoms with Gasteiger partial charge in [-0.05, 0) is 44.2 Å². The molecule has 0 aromatic heterocycles. The van der Waals surface area contributed by atoms with Gasteiger partial charge in [0.1, 0.15) is 12.1 Å². The van der Waals surface area contributed by atoms with Gasteiger partial charge >= 0.3 is 0 Å².